The van der Waals surface area contributed by atoms with E-state index < -0.39 is 11.9 Å². The van der Waals surface area contributed by atoms with Crippen molar-refractivity contribution in [1.82, 2.24) is 10.3 Å². The molecule has 2 N–H and O–H groups in total. The van der Waals surface area contributed by atoms with Gasteiger partial charge in [-0.1, -0.05) is 0 Å². The summed E-state index contributed by atoms with van der Waals surface area (Å²) in [5.41, 5.74) is 0.568. The van der Waals surface area contributed by atoms with E-state index in [2.05, 4.69) is 10.3 Å². The van der Waals surface area contributed by atoms with Crippen LogP contribution in [0.3, 0.4) is 0 Å². The van der Waals surface area contributed by atoms with E-state index in [1.807, 2.05) is 0 Å². The number of H-pyrrole nitrogens is 1. The number of pyridine rings is 1. The minimum atomic E-state index is -0.449. The molecule has 0 bridgehead atoms. The van der Waals surface area contributed by atoms with Gasteiger partial charge in [0.05, 0.1) is 18.7 Å². The van der Waals surface area contributed by atoms with Crippen molar-refractivity contribution >= 4 is 5.91 Å². The molecule has 0 radical (unpaired) electrons. The minimum Gasteiger partial charge on any atom is -0.496 e. The molecule has 21 heavy (non-hydrogen) atoms. The lowest BCUT2D eigenvalue weighted by molar-refractivity contribution is 0.0939. The average molecular weight is 290 g/mol. The Morgan fingerprint density at radius 3 is 2.71 bits per heavy atom. The number of hydrogen-bond donors (Lipinski definition) is 2. The minimum absolute atomic E-state index is 0.286. The molecule has 110 valence electrons. The highest BCUT2D eigenvalue weighted by Gasteiger charge is 2.16. The highest BCUT2D eigenvalue weighted by atomic mass is 19.1. The van der Waals surface area contributed by atoms with Crippen LogP contribution in [0.25, 0.3) is 0 Å². The van der Waals surface area contributed by atoms with Gasteiger partial charge in [-0.25, -0.2) is 4.39 Å². The van der Waals surface area contributed by atoms with E-state index in [1.165, 1.54) is 43.6 Å². The molecule has 6 heteroatoms. The third-order valence-electron chi connectivity index (χ3n) is 3.05. The molecule has 1 aromatic heterocycles. The number of methoxy groups -OCH3 is 1. The normalized spacial score (nSPS) is 11.8. The van der Waals surface area contributed by atoms with Gasteiger partial charge in [0.15, 0.2) is 0 Å². The lowest BCUT2D eigenvalue weighted by Crippen LogP contribution is -2.27. The summed E-state index contributed by atoms with van der Waals surface area (Å²) in [6.07, 6.45) is 1.33. The van der Waals surface area contributed by atoms with Crippen LogP contribution in [-0.2, 0) is 0 Å². The Hall–Kier alpha value is -2.63. The fourth-order valence-corrected chi connectivity index (χ4v) is 1.95. The molecular formula is C15H15FN2O3. The van der Waals surface area contributed by atoms with Crippen molar-refractivity contribution in [1.29, 1.82) is 0 Å². The Morgan fingerprint density at radius 1 is 1.33 bits per heavy atom. The number of halogens is 1. The summed E-state index contributed by atoms with van der Waals surface area (Å²) in [6.45, 7) is 1.72. The summed E-state index contributed by atoms with van der Waals surface area (Å²) in [5, 5.41) is 2.73. The molecule has 0 fully saturated rings. The molecule has 1 heterocycles. The van der Waals surface area contributed by atoms with Gasteiger partial charge in [0.25, 0.3) is 5.91 Å². The third kappa shape index (κ3) is 3.47. The largest absolute Gasteiger partial charge is 0.496 e. The topological polar surface area (TPSA) is 71.2 Å². The SMILES string of the molecule is COc1ccc(F)cc1C(C)NC(=O)c1ccc(=O)[nH]c1. The van der Waals surface area contributed by atoms with Gasteiger partial charge in [-0.2, -0.15) is 0 Å². The predicted octanol–water partition coefficient (Wildman–Crippen LogP) is 2.01. The Morgan fingerprint density at radius 2 is 2.10 bits per heavy atom. The number of nitrogens with one attached hydrogen (secondary N) is 2. The molecule has 1 unspecified atom stereocenters. The number of aromatic amines is 1. The monoisotopic (exact) mass is 290 g/mol. The van der Waals surface area contributed by atoms with E-state index in [0.29, 0.717) is 16.9 Å². The van der Waals surface area contributed by atoms with Gasteiger partial charge in [0, 0.05) is 17.8 Å². The first kappa shape index (κ1) is 14.8. The first-order valence-electron chi connectivity index (χ1n) is 6.34. The molecule has 0 saturated carbocycles. The molecule has 1 amide bonds. The molecule has 2 aromatic rings. The van der Waals surface area contributed by atoms with E-state index in [0.717, 1.165) is 0 Å². The van der Waals surface area contributed by atoms with Crippen molar-refractivity contribution < 1.29 is 13.9 Å². The van der Waals surface area contributed by atoms with Gasteiger partial charge in [-0.3, -0.25) is 9.59 Å². The smallest absolute Gasteiger partial charge is 0.253 e. The lowest BCUT2D eigenvalue weighted by atomic mass is 10.1. The zero-order valence-corrected chi connectivity index (χ0v) is 11.6. The third-order valence-corrected chi connectivity index (χ3v) is 3.05. The fraction of sp³-hybridized carbons (Fsp3) is 0.200. The number of hydrogen-bond acceptors (Lipinski definition) is 3. The number of benzene rings is 1. The number of rotatable bonds is 4. The second-order valence-corrected chi connectivity index (χ2v) is 4.52. The zero-order valence-electron chi connectivity index (χ0n) is 11.6. The van der Waals surface area contributed by atoms with E-state index in [4.69, 9.17) is 4.74 Å². The van der Waals surface area contributed by atoms with E-state index in [9.17, 15) is 14.0 Å². The van der Waals surface area contributed by atoms with Crippen LogP contribution in [0.1, 0.15) is 28.9 Å². The van der Waals surface area contributed by atoms with Crippen LogP contribution in [0.2, 0.25) is 0 Å². The van der Waals surface area contributed by atoms with E-state index >= 15 is 0 Å². The van der Waals surface area contributed by atoms with Gasteiger partial charge in [0.2, 0.25) is 5.56 Å². The second kappa shape index (κ2) is 6.21. The first-order chi connectivity index (χ1) is 10.0. The summed E-state index contributed by atoms with van der Waals surface area (Å²) >= 11 is 0. The maximum absolute atomic E-state index is 13.3. The van der Waals surface area contributed by atoms with Crippen LogP contribution in [0.5, 0.6) is 5.75 Å². The Balaban J connectivity index is 2.19. The highest BCUT2D eigenvalue weighted by molar-refractivity contribution is 5.94. The van der Waals surface area contributed by atoms with Crippen LogP contribution >= 0.6 is 0 Å². The molecule has 0 spiro atoms. The highest BCUT2D eigenvalue weighted by Crippen LogP contribution is 2.25. The van der Waals surface area contributed by atoms with Crippen molar-refractivity contribution in [2.45, 2.75) is 13.0 Å². The Labute approximate surface area is 120 Å². The van der Waals surface area contributed by atoms with Crippen LogP contribution < -0.4 is 15.6 Å². The molecule has 0 aliphatic heterocycles. The van der Waals surface area contributed by atoms with Crippen molar-refractivity contribution in [3.8, 4) is 5.75 Å². The number of ether oxygens (including phenoxy) is 1. The standard InChI is InChI=1S/C15H15FN2O3/c1-9(12-7-11(16)4-5-13(12)21-2)18-15(20)10-3-6-14(19)17-8-10/h3-9H,1-2H3,(H,17,19)(H,18,20). The molecule has 1 aromatic carbocycles. The maximum atomic E-state index is 13.3. The van der Waals surface area contributed by atoms with Gasteiger partial charge in [-0.15, -0.1) is 0 Å². The van der Waals surface area contributed by atoms with E-state index in [-0.39, 0.29) is 11.5 Å². The fourth-order valence-electron chi connectivity index (χ4n) is 1.95. The second-order valence-electron chi connectivity index (χ2n) is 4.52. The predicted molar refractivity (Wildman–Crippen MR) is 75.9 cm³/mol. The molecule has 0 aliphatic rings. The number of carbonyl (C=O) groups excluding carboxylic acids is 1. The van der Waals surface area contributed by atoms with Crippen molar-refractivity contribution in [2.75, 3.05) is 7.11 Å². The molecular weight excluding hydrogens is 275 g/mol. The molecule has 0 aliphatic carbocycles. The van der Waals surface area contributed by atoms with Crippen molar-refractivity contribution in [3.05, 3.63) is 63.8 Å². The summed E-state index contributed by atoms with van der Waals surface area (Å²) in [4.78, 5) is 25.4. The summed E-state index contributed by atoms with van der Waals surface area (Å²) in [6, 6.07) is 6.35. The quantitative estimate of drug-likeness (QED) is 0.905. The van der Waals surface area contributed by atoms with Crippen LogP contribution in [0.4, 0.5) is 4.39 Å². The Bertz CT molecular complexity index is 692. The van der Waals surface area contributed by atoms with Gasteiger partial charge in [0.1, 0.15) is 11.6 Å². The molecule has 5 nitrogen and oxygen atoms in total. The van der Waals surface area contributed by atoms with Crippen molar-refractivity contribution in [2.24, 2.45) is 0 Å². The molecule has 1 atom stereocenters. The van der Waals surface area contributed by atoms with Gasteiger partial charge in [-0.05, 0) is 31.2 Å². The Kier molecular flexibility index (Phi) is 4.37. The van der Waals surface area contributed by atoms with Crippen molar-refractivity contribution in [3.63, 3.8) is 0 Å². The molecule has 0 saturated heterocycles. The number of aromatic nitrogens is 1. The lowest BCUT2D eigenvalue weighted by Gasteiger charge is -2.17. The zero-order chi connectivity index (χ0) is 15.4. The maximum Gasteiger partial charge on any atom is 0.253 e. The number of carbonyl (C=O) groups is 1. The van der Waals surface area contributed by atoms with Crippen LogP contribution in [0, 0.1) is 5.82 Å². The summed E-state index contributed by atoms with van der Waals surface area (Å²) in [5.74, 6) is -0.285. The average Bonchev–Trinajstić information content (AvgIpc) is 2.47. The van der Waals surface area contributed by atoms with Crippen LogP contribution in [0.15, 0.2) is 41.3 Å². The molecule has 2 rings (SSSR count). The van der Waals surface area contributed by atoms with Gasteiger partial charge < -0.3 is 15.0 Å². The first-order valence-corrected chi connectivity index (χ1v) is 6.34. The number of amides is 1. The summed E-state index contributed by atoms with van der Waals surface area (Å²) < 4.78 is 18.5. The van der Waals surface area contributed by atoms with Crippen LogP contribution in [-0.4, -0.2) is 18.0 Å². The van der Waals surface area contributed by atoms with Gasteiger partial charge >= 0.3 is 0 Å². The summed E-state index contributed by atoms with van der Waals surface area (Å²) in [7, 11) is 1.48. The van der Waals surface area contributed by atoms with E-state index in [1.54, 1.807) is 6.92 Å².